The lowest BCUT2D eigenvalue weighted by Crippen LogP contribution is -2.48. The summed E-state index contributed by atoms with van der Waals surface area (Å²) in [6.45, 7) is 2.79. The van der Waals surface area contributed by atoms with Crippen molar-refractivity contribution in [3.8, 4) is 0 Å². The maximum atomic E-state index is 13.3. The molecule has 0 bridgehead atoms. The molecule has 30 heavy (non-hydrogen) atoms. The fourth-order valence-electron chi connectivity index (χ4n) is 3.94. The number of nitrogens with zero attached hydrogens (tertiary/aromatic N) is 2. The number of imide groups is 1. The molecule has 2 fully saturated rings. The highest BCUT2D eigenvalue weighted by Gasteiger charge is 2.45. The molecule has 2 aliphatic rings. The average molecular weight is 410 g/mol. The van der Waals surface area contributed by atoms with E-state index in [1.54, 1.807) is 12.1 Å². The van der Waals surface area contributed by atoms with Crippen molar-refractivity contribution in [1.82, 2.24) is 4.90 Å². The molecule has 2 saturated heterocycles. The fraction of sp³-hybridized carbons (Fsp3) is 0.348. The molecule has 2 atom stereocenters. The summed E-state index contributed by atoms with van der Waals surface area (Å²) in [4.78, 5) is 41.7. The Kier molecular flexibility index (Phi) is 5.63. The highest BCUT2D eigenvalue weighted by molar-refractivity contribution is 6.23. The number of carbonyl (C=O) groups is 3. The fourth-order valence-corrected chi connectivity index (χ4v) is 3.94. The third-order valence-corrected chi connectivity index (χ3v) is 5.57. The number of aryl methyl sites for hydroxylation is 1. The van der Waals surface area contributed by atoms with Crippen molar-refractivity contribution in [1.29, 1.82) is 0 Å². The predicted molar refractivity (Wildman–Crippen MR) is 108 cm³/mol. The van der Waals surface area contributed by atoms with Crippen LogP contribution in [0, 0.1) is 12.7 Å². The lowest BCUT2D eigenvalue weighted by atomic mass is 10.1. The van der Waals surface area contributed by atoms with Crippen LogP contribution < -0.4 is 4.90 Å². The molecule has 0 saturated carbocycles. The van der Waals surface area contributed by atoms with Gasteiger partial charge in [0.25, 0.3) is 11.8 Å². The lowest BCUT2D eigenvalue weighted by molar-refractivity contribution is -0.122. The molecular weight excluding hydrogens is 387 g/mol. The molecule has 156 valence electrons. The van der Waals surface area contributed by atoms with Gasteiger partial charge < -0.3 is 9.64 Å². The van der Waals surface area contributed by atoms with Crippen LogP contribution in [0.25, 0.3) is 0 Å². The molecule has 0 aromatic heterocycles. The predicted octanol–water partition coefficient (Wildman–Crippen LogP) is 3.09. The van der Waals surface area contributed by atoms with Crippen molar-refractivity contribution in [3.63, 3.8) is 0 Å². The summed E-state index contributed by atoms with van der Waals surface area (Å²) in [6.07, 6.45) is 1.42. The van der Waals surface area contributed by atoms with Crippen molar-refractivity contribution in [2.45, 2.75) is 38.3 Å². The molecule has 0 N–H and O–H groups in total. The summed E-state index contributed by atoms with van der Waals surface area (Å²) in [5.74, 6) is -1.66. The molecule has 2 aliphatic heterocycles. The van der Waals surface area contributed by atoms with E-state index in [-0.39, 0.29) is 25.0 Å². The number of hydrogen-bond acceptors (Lipinski definition) is 4. The smallest absolute Gasteiger partial charge is 0.257 e. The van der Waals surface area contributed by atoms with E-state index in [9.17, 15) is 18.8 Å². The summed E-state index contributed by atoms with van der Waals surface area (Å²) in [7, 11) is 0. The number of amides is 3. The van der Waals surface area contributed by atoms with Gasteiger partial charge in [0.2, 0.25) is 5.91 Å². The second-order valence-corrected chi connectivity index (χ2v) is 7.72. The highest BCUT2D eigenvalue weighted by Crippen LogP contribution is 2.28. The van der Waals surface area contributed by atoms with Gasteiger partial charge in [-0.15, -0.1) is 0 Å². The topological polar surface area (TPSA) is 66.9 Å². The van der Waals surface area contributed by atoms with Gasteiger partial charge in [-0.3, -0.25) is 14.4 Å². The first-order valence-corrected chi connectivity index (χ1v) is 10.1. The number of benzene rings is 2. The van der Waals surface area contributed by atoms with Crippen LogP contribution in [0.5, 0.6) is 0 Å². The van der Waals surface area contributed by atoms with Gasteiger partial charge in [-0.2, -0.15) is 0 Å². The van der Waals surface area contributed by atoms with E-state index < -0.39 is 23.7 Å². The Bertz CT molecular complexity index is 952. The zero-order valence-corrected chi connectivity index (χ0v) is 16.7. The number of rotatable bonds is 5. The summed E-state index contributed by atoms with van der Waals surface area (Å²) < 4.78 is 19.0. The second-order valence-electron chi connectivity index (χ2n) is 7.72. The minimum Gasteiger partial charge on any atom is -0.376 e. The van der Waals surface area contributed by atoms with E-state index in [2.05, 4.69) is 0 Å². The quantitative estimate of drug-likeness (QED) is 0.711. The Morgan fingerprint density at radius 1 is 1.13 bits per heavy atom. The van der Waals surface area contributed by atoms with Crippen LogP contribution in [0.1, 0.15) is 35.2 Å². The SMILES string of the molecule is Cc1ccc(C(=O)N(CC2CCCO2)C2CC(=O)N(c3ccc(F)cc3)C2=O)cc1. The molecule has 2 heterocycles. The standard InChI is InChI=1S/C23H23FN2O4/c1-15-4-6-16(7-5-15)22(28)25(14-19-3-2-12-30-19)20-13-21(27)26(23(20)29)18-10-8-17(24)9-11-18/h4-11,19-20H,2-3,12-14H2,1H3. The normalized spacial score (nSPS) is 21.3. The number of halogens is 1. The molecular formula is C23H23FN2O4. The van der Waals surface area contributed by atoms with Crippen molar-refractivity contribution in [2.75, 3.05) is 18.1 Å². The minimum absolute atomic E-state index is 0.111. The Hall–Kier alpha value is -3.06. The maximum absolute atomic E-state index is 13.3. The van der Waals surface area contributed by atoms with E-state index in [0.717, 1.165) is 23.3 Å². The summed E-state index contributed by atoms with van der Waals surface area (Å²) in [5.41, 5.74) is 1.78. The third kappa shape index (κ3) is 3.98. The van der Waals surface area contributed by atoms with E-state index in [0.29, 0.717) is 17.9 Å². The van der Waals surface area contributed by atoms with Crippen LogP contribution in [0.2, 0.25) is 0 Å². The minimum atomic E-state index is -0.916. The van der Waals surface area contributed by atoms with E-state index in [1.807, 2.05) is 19.1 Å². The van der Waals surface area contributed by atoms with Gasteiger partial charge in [-0.1, -0.05) is 17.7 Å². The molecule has 2 aromatic carbocycles. The van der Waals surface area contributed by atoms with Crippen molar-refractivity contribution >= 4 is 23.4 Å². The van der Waals surface area contributed by atoms with Crippen molar-refractivity contribution < 1.29 is 23.5 Å². The molecule has 3 amide bonds. The Labute approximate surface area is 174 Å². The Morgan fingerprint density at radius 3 is 2.47 bits per heavy atom. The van der Waals surface area contributed by atoms with Gasteiger partial charge in [-0.25, -0.2) is 9.29 Å². The van der Waals surface area contributed by atoms with Crippen LogP contribution in [-0.2, 0) is 14.3 Å². The number of anilines is 1. The average Bonchev–Trinajstić information content (AvgIpc) is 3.35. The summed E-state index contributed by atoms with van der Waals surface area (Å²) in [6, 6.07) is 11.4. The summed E-state index contributed by atoms with van der Waals surface area (Å²) >= 11 is 0. The lowest BCUT2D eigenvalue weighted by Gasteiger charge is -2.30. The zero-order chi connectivity index (χ0) is 21.3. The van der Waals surface area contributed by atoms with Crippen LogP contribution in [0.15, 0.2) is 48.5 Å². The van der Waals surface area contributed by atoms with Crippen LogP contribution in [0.4, 0.5) is 10.1 Å². The van der Waals surface area contributed by atoms with E-state index in [1.165, 1.54) is 29.2 Å². The molecule has 0 spiro atoms. The van der Waals surface area contributed by atoms with Gasteiger partial charge in [-0.05, 0) is 56.2 Å². The first kappa shape index (κ1) is 20.2. The van der Waals surface area contributed by atoms with Gasteiger partial charge in [0, 0.05) is 18.7 Å². The monoisotopic (exact) mass is 410 g/mol. The molecule has 2 unspecified atom stereocenters. The third-order valence-electron chi connectivity index (χ3n) is 5.57. The Balaban J connectivity index is 1.63. The molecule has 0 radical (unpaired) electrons. The van der Waals surface area contributed by atoms with E-state index >= 15 is 0 Å². The number of hydrogen-bond donors (Lipinski definition) is 0. The molecule has 4 rings (SSSR count). The highest BCUT2D eigenvalue weighted by atomic mass is 19.1. The maximum Gasteiger partial charge on any atom is 0.257 e. The van der Waals surface area contributed by atoms with Gasteiger partial charge in [0.05, 0.1) is 18.2 Å². The largest absolute Gasteiger partial charge is 0.376 e. The van der Waals surface area contributed by atoms with Gasteiger partial charge in [0.15, 0.2) is 0 Å². The molecule has 6 nitrogen and oxygen atoms in total. The van der Waals surface area contributed by atoms with Crippen LogP contribution in [-0.4, -0.2) is 47.9 Å². The molecule has 2 aromatic rings. The van der Waals surface area contributed by atoms with Crippen molar-refractivity contribution in [2.24, 2.45) is 0 Å². The molecule has 7 heteroatoms. The van der Waals surface area contributed by atoms with Crippen molar-refractivity contribution in [3.05, 3.63) is 65.5 Å². The first-order valence-electron chi connectivity index (χ1n) is 10.1. The number of carbonyl (C=O) groups excluding carboxylic acids is 3. The zero-order valence-electron chi connectivity index (χ0n) is 16.7. The summed E-state index contributed by atoms with van der Waals surface area (Å²) in [5, 5.41) is 0. The van der Waals surface area contributed by atoms with Crippen LogP contribution in [0.3, 0.4) is 0 Å². The number of ether oxygens (including phenoxy) is 1. The Morgan fingerprint density at radius 2 is 1.83 bits per heavy atom. The van der Waals surface area contributed by atoms with E-state index in [4.69, 9.17) is 4.74 Å². The van der Waals surface area contributed by atoms with Crippen LogP contribution >= 0.6 is 0 Å². The van der Waals surface area contributed by atoms with Gasteiger partial charge in [0.1, 0.15) is 11.9 Å². The molecule has 0 aliphatic carbocycles. The first-order chi connectivity index (χ1) is 14.4. The van der Waals surface area contributed by atoms with Gasteiger partial charge >= 0.3 is 0 Å². The second kappa shape index (κ2) is 8.36.